The average Bonchev–Trinajstić information content (AvgIpc) is 2.39. The first kappa shape index (κ1) is 14.2. The minimum atomic E-state index is -0.282. The van der Waals surface area contributed by atoms with Crippen molar-refractivity contribution >= 4 is 5.69 Å². The average molecular weight is 268 g/mol. The molecule has 19 heavy (non-hydrogen) atoms. The topological polar surface area (TPSA) is 58.7 Å². The van der Waals surface area contributed by atoms with Crippen LogP contribution in [-0.2, 0) is 4.74 Å². The molecule has 3 atom stereocenters. The van der Waals surface area contributed by atoms with E-state index >= 15 is 0 Å². The monoisotopic (exact) mass is 268 g/mol. The van der Waals surface area contributed by atoms with Crippen molar-refractivity contribution in [1.82, 2.24) is 0 Å². The highest BCUT2D eigenvalue weighted by molar-refractivity contribution is 5.56. The molecule has 0 aromatic heterocycles. The van der Waals surface area contributed by atoms with Crippen LogP contribution in [0.25, 0.3) is 0 Å². The number of nitrogens with zero attached hydrogens (tertiary/aromatic N) is 1. The van der Waals surface area contributed by atoms with Gasteiger partial charge in [0.1, 0.15) is 5.82 Å². The Kier molecular flexibility index (Phi) is 4.39. The Morgan fingerprint density at radius 2 is 2.32 bits per heavy atom. The van der Waals surface area contributed by atoms with E-state index in [9.17, 15) is 9.50 Å². The number of ether oxygens (including phenoxy) is 1. The molecule has 1 saturated heterocycles. The normalized spacial score (nSPS) is 25.4. The summed E-state index contributed by atoms with van der Waals surface area (Å²) in [6.45, 7) is 5.00. The summed E-state index contributed by atoms with van der Waals surface area (Å²) in [4.78, 5) is 2.13. The van der Waals surface area contributed by atoms with Gasteiger partial charge in [0.2, 0.25) is 0 Å². The fourth-order valence-corrected chi connectivity index (χ4v) is 2.42. The third-order valence-electron chi connectivity index (χ3n) is 3.50. The predicted molar refractivity (Wildman–Crippen MR) is 72.6 cm³/mol. The third kappa shape index (κ3) is 3.05. The second-order valence-corrected chi connectivity index (χ2v) is 5.13. The highest BCUT2D eigenvalue weighted by Crippen LogP contribution is 2.29. The van der Waals surface area contributed by atoms with Crippen molar-refractivity contribution < 1.29 is 14.2 Å². The molecule has 2 unspecified atom stereocenters. The maximum absolute atomic E-state index is 13.4. The van der Waals surface area contributed by atoms with Crippen molar-refractivity contribution in [3.8, 4) is 0 Å². The SMILES string of the molecule is CC1COC(CO)CN1c1ccc(F)cc1[C@H](C)N. The Morgan fingerprint density at radius 1 is 1.58 bits per heavy atom. The number of anilines is 1. The van der Waals surface area contributed by atoms with Gasteiger partial charge in [0, 0.05) is 24.3 Å². The molecule has 0 saturated carbocycles. The van der Waals surface area contributed by atoms with E-state index in [2.05, 4.69) is 4.90 Å². The molecule has 4 nitrogen and oxygen atoms in total. The molecule has 1 aromatic rings. The Hall–Kier alpha value is -1.17. The van der Waals surface area contributed by atoms with Gasteiger partial charge in [-0.2, -0.15) is 0 Å². The first-order valence-corrected chi connectivity index (χ1v) is 6.57. The lowest BCUT2D eigenvalue weighted by atomic mass is 10.0. The number of nitrogens with two attached hydrogens (primary N) is 1. The second kappa shape index (κ2) is 5.86. The molecule has 106 valence electrons. The molecule has 0 radical (unpaired) electrons. The molecule has 3 N–H and O–H groups in total. The van der Waals surface area contributed by atoms with Crippen LogP contribution in [0.15, 0.2) is 18.2 Å². The van der Waals surface area contributed by atoms with Gasteiger partial charge in [0.25, 0.3) is 0 Å². The third-order valence-corrected chi connectivity index (χ3v) is 3.50. The van der Waals surface area contributed by atoms with Gasteiger partial charge < -0.3 is 20.5 Å². The zero-order valence-corrected chi connectivity index (χ0v) is 11.3. The lowest BCUT2D eigenvalue weighted by molar-refractivity contribution is -0.0103. The number of morpholine rings is 1. The highest BCUT2D eigenvalue weighted by atomic mass is 19.1. The molecule has 1 heterocycles. The molecular weight excluding hydrogens is 247 g/mol. The summed E-state index contributed by atoms with van der Waals surface area (Å²) >= 11 is 0. The van der Waals surface area contributed by atoms with Crippen LogP contribution in [0, 0.1) is 5.82 Å². The molecule has 1 aliphatic rings. The summed E-state index contributed by atoms with van der Waals surface area (Å²) in [5.74, 6) is -0.282. The maximum Gasteiger partial charge on any atom is 0.123 e. The van der Waals surface area contributed by atoms with E-state index in [1.165, 1.54) is 12.1 Å². The van der Waals surface area contributed by atoms with Gasteiger partial charge in [-0.05, 0) is 37.6 Å². The van der Waals surface area contributed by atoms with Gasteiger partial charge in [-0.1, -0.05) is 0 Å². The van der Waals surface area contributed by atoms with Crippen LogP contribution in [-0.4, -0.2) is 37.0 Å². The number of rotatable bonds is 3. The molecular formula is C14H21FN2O2. The Labute approximate surface area is 113 Å². The predicted octanol–water partition coefficient (Wildman–Crippen LogP) is 1.43. The number of hydrogen-bond acceptors (Lipinski definition) is 4. The van der Waals surface area contributed by atoms with E-state index in [4.69, 9.17) is 10.5 Å². The van der Waals surface area contributed by atoms with E-state index in [1.54, 1.807) is 6.07 Å². The Bertz CT molecular complexity index is 439. The van der Waals surface area contributed by atoms with Crippen LogP contribution in [0.4, 0.5) is 10.1 Å². The first-order valence-electron chi connectivity index (χ1n) is 6.57. The molecule has 1 aromatic carbocycles. The maximum atomic E-state index is 13.4. The molecule has 0 spiro atoms. The van der Waals surface area contributed by atoms with E-state index in [0.717, 1.165) is 11.3 Å². The van der Waals surface area contributed by atoms with E-state index in [-0.39, 0.29) is 30.6 Å². The van der Waals surface area contributed by atoms with Crippen molar-refractivity contribution in [2.75, 3.05) is 24.7 Å². The van der Waals surface area contributed by atoms with Crippen LogP contribution in [0.1, 0.15) is 25.5 Å². The summed E-state index contributed by atoms with van der Waals surface area (Å²) in [6.07, 6.45) is -0.206. The molecule has 1 fully saturated rings. The van der Waals surface area contributed by atoms with Crippen LogP contribution in [0.5, 0.6) is 0 Å². The van der Waals surface area contributed by atoms with Crippen molar-refractivity contribution in [3.05, 3.63) is 29.6 Å². The minimum absolute atomic E-state index is 0.0159. The zero-order valence-electron chi connectivity index (χ0n) is 11.3. The van der Waals surface area contributed by atoms with Gasteiger partial charge in [0.15, 0.2) is 0 Å². The van der Waals surface area contributed by atoms with Gasteiger partial charge in [-0.15, -0.1) is 0 Å². The van der Waals surface area contributed by atoms with Gasteiger partial charge in [-0.25, -0.2) is 4.39 Å². The summed E-state index contributed by atoms with van der Waals surface area (Å²) in [5, 5.41) is 9.23. The summed E-state index contributed by atoms with van der Waals surface area (Å²) in [5.41, 5.74) is 7.63. The molecule has 2 rings (SSSR count). The lowest BCUT2D eigenvalue weighted by Crippen LogP contribution is -2.50. The largest absolute Gasteiger partial charge is 0.394 e. The Balaban J connectivity index is 2.33. The van der Waals surface area contributed by atoms with Crippen LogP contribution in [0.3, 0.4) is 0 Å². The van der Waals surface area contributed by atoms with Crippen LogP contribution in [0.2, 0.25) is 0 Å². The van der Waals surface area contributed by atoms with Crippen molar-refractivity contribution in [2.24, 2.45) is 5.73 Å². The number of halogens is 1. The van der Waals surface area contributed by atoms with Gasteiger partial charge in [0.05, 0.1) is 19.3 Å². The fourth-order valence-electron chi connectivity index (χ4n) is 2.42. The highest BCUT2D eigenvalue weighted by Gasteiger charge is 2.27. The molecule has 0 amide bonds. The number of benzene rings is 1. The van der Waals surface area contributed by atoms with E-state index in [0.29, 0.717) is 13.2 Å². The zero-order chi connectivity index (χ0) is 14.0. The van der Waals surface area contributed by atoms with Crippen molar-refractivity contribution in [1.29, 1.82) is 0 Å². The van der Waals surface area contributed by atoms with Crippen molar-refractivity contribution in [2.45, 2.75) is 32.0 Å². The summed E-state index contributed by atoms with van der Waals surface area (Å²) in [7, 11) is 0. The molecule has 0 bridgehead atoms. The summed E-state index contributed by atoms with van der Waals surface area (Å²) in [6, 6.07) is 4.61. The Morgan fingerprint density at radius 3 is 2.95 bits per heavy atom. The number of aliphatic hydroxyl groups is 1. The number of hydrogen-bond donors (Lipinski definition) is 2. The van der Waals surface area contributed by atoms with Gasteiger partial charge in [-0.3, -0.25) is 0 Å². The summed E-state index contributed by atoms with van der Waals surface area (Å²) < 4.78 is 18.9. The number of aliphatic hydroxyl groups excluding tert-OH is 1. The van der Waals surface area contributed by atoms with E-state index in [1.807, 2.05) is 13.8 Å². The van der Waals surface area contributed by atoms with Crippen molar-refractivity contribution in [3.63, 3.8) is 0 Å². The second-order valence-electron chi connectivity index (χ2n) is 5.13. The quantitative estimate of drug-likeness (QED) is 0.870. The lowest BCUT2D eigenvalue weighted by Gasteiger charge is -2.40. The molecule has 0 aliphatic carbocycles. The minimum Gasteiger partial charge on any atom is -0.394 e. The first-order chi connectivity index (χ1) is 9.02. The standard InChI is InChI=1S/C14H21FN2O2/c1-9-8-19-12(7-18)6-17(9)14-4-3-11(15)5-13(14)10(2)16/h3-5,9-10,12,18H,6-8,16H2,1-2H3/t9?,10-,12?/m0/s1. The van der Waals surface area contributed by atoms with E-state index < -0.39 is 0 Å². The van der Waals surface area contributed by atoms with Crippen LogP contribution < -0.4 is 10.6 Å². The molecule has 1 aliphatic heterocycles. The van der Waals surface area contributed by atoms with Crippen LogP contribution >= 0.6 is 0 Å². The van der Waals surface area contributed by atoms with Gasteiger partial charge >= 0.3 is 0 Å². The fraction of sp³-hybridized carbons (Fsp3) is 0.571. The smallest absolute Gasteiger partial charge is 0.123 e. The molecule has 5 heteroatoms.